The molecule has 0 aromatic carbocycles. The number of carbonyl (C=O) groups is 4. The summed E-state index contributed by atoms with van der Waals surface area (Å²) in [5.74, 6) is -3.68. The van der Waals surface area contributed by atoms with E-state index in [1.54, 1.807) is 0 Å². The van der Waals surface area contributed by atoms with Gasteiger partial charge in [-0.15, -0.1) is 0 Å². The Kier molecular flexibility index (Phi) is 88.8. The molecule has 0 aromatic heterocycles. The molecular weight excluding hydrogens is 1080 g/mol. The van der Waals surface area contributed by atoms with Gasteiger partial charge in [0.15, 0.2) is 0 Å². The van der Waals surface area contributed by atoms with E-state index in [-0.39, 0.29) is 51.9 Å². The van der Waals surface area contributed by atoms with E-state index in [1.165, 1.54) is 154 Å². The van der Waals surface area contributed by atoms with E-state index < -0.39 is 23.9 Å². The smallest absolute Gasteiger partial charge is 0.550 e. The summed E-state index contributed by atoms with van der Waals surface area (Å²) < 4.78 is 0. The van der Waals surface area contributed by atoms with Crippen LogP contribution in [-0.4, -0.2) is 23.9 Å². The van der Waals surface area contributed by atoms with Crippen molar-refractivity contribution in [2.24, 2.45) is 0 Å². The summed E-state index contributed by atoms with van der Waals surface area (Å²) in [4.78, 5) is 40.8. The van der Waals surface area contributed by atoms with E-state index in [2.05, 4.69) is 125 Å². The molecule has 0 saturated heterocycles. The van der Waals surface area contributed by atoms with Crippen molar-refractivity contribution in [1.82, 2.24) is 0 Å². The van der Waals surface area contributed by atoms with Gasteiger partial charge in [0.05, 0.1) is 0 Å². The molecule has 0 bridgehead atoms. The second-order valence-electron chi connectivity index (χ2n) is 21.4. The molecule has 0 heterocycles. The molecule has 0 amide bonds. The molecule has 0 radical (unpaired) electrons. The maximum absolute atomic E-state index is 10.2. The quantitative estimate of drug-likeness (QED) is 0.0430. The maximum atomic E-state index is 10.2. The van der Waals surface area contributed by atoms with Gasteiger partial charge in [0, 0.05) is 23.9 Å². The van der Waals surface area contributed by atoms with Gasteiger partial charge in [-0.25, -0.2) is 0 Å². The molecule has 0 aliphatic rings. The molecule has 0 aliphatic carbocycles. The molecule has 0 saturated carbocycles. The van der Waals surface area contributed by atoms with Crippen LogP contribution in [0.1, 0.15) is 336 Å². The molecule has 0 aliphatic heterocycles. The summed E-state index contributed by atoms with van der Waals surface area (Å²) in [7, 11) is 0. The second kappa shape index (κ2) is 83.1. The molecular formula is C72H124O8Zr. The van der Waals surface area contributed by atoms with Gasteiger partial charge in [0.25, 0.3) is 0 Å². The van der Waals surface area contributed by atoms with Crippen LogP contribution in [0.5, 0.6) is 0 Å². The number of carbonyl (C=O) groups excluding carboxylic acids is 4. The van der Waals surface area contributed by atoms with Crippen molar-refractivity contribution in [1.29, 1.82) is 0 Å². The maximum Gasteiger partial charge on any atom is 4.00 e. The van der Waals surface area contributed by atoms with E-state index in [0.717, 1.165) is 128 Å². The van der Waals surface area contributed by atoms with E-state index in [9.17, 15) is 39.6 Å². The first-order valence-electron chi connectivity index (χ1n) is 33.1. The largest absolute Gasteiger partial charge is 4.00 e. The molecule has 0 aromatic rings. The van der Waals surface area contributed by atoms with Crippen LogP contribution < -0.4 is 20.4 Å². The fourth-order valence-corrected chi connectivity index (χ4v) is 8.32. The Labute approximate surface area is 519 Å². The van der Waals surface area contributed by atoms with E-state index in [1.807, 2.05) is 0 Å². The van der Waals surface area contributed by atoms with Crippen molar-refractivity contribution in [3.63, 3.8) is 0 Å². The summed E-state index contributed by atoms with van der Waals surface area (Å²) >= 11 is 0. The van der Waals surface area contributed by atoms with Gasteiger partial charge in [0.1, 0.15) is 0 Å². The zero-order valence-corrected chi connectivity index (χ0v) is 55.4. The molecule has 0 atom stereocenters. The average molecular weight is 1210 g/mol. The fourth-order valence-electron chi connectivity index (χ4n) is 8.32. The normalized spacial score (nSPS) is 11.5. The topological polar surface area (TPSA) is 161 Å². The number of carboxylic acid groups (broad SMARTS) is 4. The van der Waals surface area contributed by atoms with Crippen LogP contribution in [0.25, 0.3) is 0 Å². The van der Waals surface area contributed by atoms with Crippen LogP contribution in [0.2, 0.25) is 0 Å². The Morgan fingerprint density at radius 1 is 0.210 bits per heavy atom. The number of carboxylic acids is 4. The average Bonchev–Trinajstić information content (AvgIpc) is 3.43. The van der Waals surface area contributed by atoms with Crippen LogP contribution in [0.15, 0.2) is 97.2 Å². The minimum absolute atomic E-state index is 0. The first-order chi connectivity index (χ1) is 39.1. The first-order valence-corrected chi connectivity index (χ1v) is 33.1. The Morgan fingerprint density at radius 3 is 0.494 bits per heavy atom. The third-order valence-corrected chi connectivity index (χ3v) is 13.3. The van der Waals surface area contributed by atoms with Gasteiger partial charge < -0.3 is 39.6 Å². The summed E-state index contributed by atoms with van der Waals surface area (Å²) in [6, 6.07) is 0. The third-order valence-electron chi connectivity index (χ3n) is 13.3. The summed E-state index contributed by atoms with van der Waals surface area (Å²) in [6.45, 7) is 8.93. The first kappa shape index (κ1) is 86.5. The van der Waals surface area contributed by atoms with Crippen LogP contribution in [0.3, 0.4) is 0 Å². The number of aliphatic carboxylic acids is 4. The molecule has 9 heteroatoms. The second-order valence-corrected chi connectivity index (χ2v) is 21.4. The Balaban J connectivity index is -0.000000316. The molecule has 8 nitrogen and oxygen atoms in total. The van der Waals surface area contributed by atoms with Gasteiger partial charge in [-0.3, -0.25) is 0 Å². The summed E-state index contributed by atoms with van der Waals surface area (Å²) in [5.41, 5.74) is 0. The number of hydrogen-bond acceptors (Lipinski definition) is 8. The van der Waals surface area contributed by atoms with E-state index >= 15 is 0 Å². The minimum atomic E-state index is -0.921. The van der Waals surface area contributed by atoms with Crippen LogP contribution >= 0.6 is 0 Å². The van der Waals surface area contributed by atoms with Crippen molar-refractivity contribution < 1.29 is 65.8 Å². The predicted octanol–water partition coefficient (Wildman–Crippen LogP) is 18.2. The number of hydrogen-bond donors (Lipinski definition) is 0. The third kappa shape index (κ3) is 102. The van der Waals surface area contributed by atoms with Gasteiger partial charge in [-0.2, -0.15) is 0 Å². The zero-order valence-electron chi connectivity index (χ0n) is 52.9. The molecule has 0 spiro atoms. The molecule has 0 N–H and O–H groups in total. The number of unbranched alkanes of at least 4 members (excludes halogenated alkanes) is 32. The fraction of sp³-hybridized carbons (Fsp3) is 0.722. The minimum Gasteiger partial charge on any atom is -0.550 e. The summed E-state index contributed by atoms with van der Waals surface area (Å²) in [6.07, 6.45) is 87.8. The van der Waals surface area contributed by atoms with Crippen molar-refractivity contribution in [3.8, 4) is 0 Å². The summed E-state index contributed by atoms with van der Waals surface area (Å²) in [5, 5.41) is 40.8. The molecule has 0 rings (SSSR count). The van der Waals surface area contributed by atoms with E-state index in [0.29, 0.717) is 0 Å². The Bertz CT molecular complexity index is 1300. The van der Waals surface area contributed by atoms with Crippen LogP contribution in [-0.2, 0) is 45.4 Å². The number of rotatable bonds is 56. The standard InChI is InChI=1S/4C18H32O2.Zr/c4*1-2-3-4-5-6-7-8-9-10-11-12-13-14-15-16-17-18(19)20;/h4*6-7,9-10H,2-5,8,11-17H2,1H3,(H,19,20);/q;;;;+4/p-4/b4*7-6-,10-9-;. The van der Waals surface area contributed by atoms with Crippen molar-refractivity contribution in [2.45, 2.75) is 336 Å². The Hall–Kier alpha value is -3.32. The zero-order chi connectivity index (χ0) is 59.6. The molecule has 464 valence electrons. The van der Waals surface area contributed by atoms with Crippen molar-refractivity contribution in [3.05, 3.63) is 97.2 Å². The molecule has 81 heavy (non-hydrogen) atoms. The molecule has 0 unspecified atom stereocenters. The van der Waals surface area contributed by atoms with Gasteiger partial charge >= 0.3 is 26.2 Å². The predicted molar refractivity (Wildman–Crippen MR) is 337 cm³/mol. The van der Waals surface area contributed by atoms with Crippen molar-refractivity contribution >= 4 is 23.9 Å². The van der Waals surface area contributed by atoms with Crippen LogP contribution in [0, 0.1) is 0 Å². The Morgan fingerprint density at radius 2 is 0.346 bits per heavy atom. The monoisotopic (exact) mass is 1210 g/mol. The SMILES string of the molecule is CCCCC/C=C\C/C=C\CCCCCCCC(=O)[O-].CCCCC/C=C\C/C=C\CCCCCCCC(=O)[O-].CCCCC/C=C\C/C=C\CCCCCCCC(=O)[O-].CCCCC/C=C\C/C=C\CCCCCCCC(=O)[O-].[Zr+4]. The van der Waals surface area contributed by atoms with Gasteiger partial charge in [-0.1, -0.05) is 253 Å². The molecule has 0 fully saturated rings. The van der Waals surface area contributed by atoms with E-state index in [4.69, 9.17) is 0 Å². The number of allylic oxidation sites excluding steroid dienone is 16. The van der Waals surface area contributed by atoms with Crippen molar-refractivity contribution in [2.75, 3.05) is 0 Å². The van der Waals surface area contributed by atoms with Crippen LogP contribution in [0.4, 0.5) is 0 Å². The van der Waals surface area contributed by atoms with Gasteiger partial charge in [-0.05, 0) is 180 Å². The van der Waals surface area contributed by atoms with Gasteiger partial charge in [0.2, 0.25) is 0 Å².